The summed E-state index contributed by atoms with van der Waals surface area (Å²) in [5.41, 5.74) is 3.91. The van der Waals surface area contributed by atoms with Crippen molar-refractivity contribution in [3.05, 3.63) is 62.2 Å². The molecule has 2 aromatic rings. The molecule has 2 aromatic carbocycles. The topological polar surface area (TPSA) is 29.5 Å². The summed E-state index contributed by atoms with van der Waals surface area (Å²) in [4.78, 5) is 0. The van der Waals surface area contributed by atoms with Gasteiger partial charge in [-0.2, -0.15) is 0 Å². The van der Waals surface area contributed by atoms with Crippen LogP contribution < -0.4 is 4.74 Å². The van der Waals surface area contributed by atoms with Gasteiger partial charge in [0.2, 0.25) is 0 Å². The maximum Gasteiger partial charge on any atom is 0.125 e. The molecule has 100 valence electrons. The molecule has 0 aromatic heterocycles. The molecule has 19 heavy (non-hydrogen) atoms. The fourth-order valence-corrected chi connectivity index (χ4v) is 2.87. The number of ether oxygens (including phenoxy) is 1. The fourth-order valence-electron chi connectivity index (χ4n) is 2.30. The number of halogens is 1. The van der Waals surface area contributed by atoms with E-state index in [0.717, 1.165) is 31.6 Å². The summed E-state index contributed by atoms with van der Waals surface area (Å²) in [6.45, 7) is 4.03. The van der Waals surface area contributed by atoms with Gasteiger partial charge in [-0.05, 0) is 71.3 Å². The molecule has 0 saturated carbocycles. The first-order chi connectivity index (χ1) is 9.02. The highest BCUT2D eigenvalue weighted by atomic mass is 127. The Labute approximate surface area is 127 Å². The van der Waals surface area contributed by atoms with Crippen molar-refractivity contribution in [1.82, 2.24) is 0 Å². The van der Waals surface area contributed by atoms with Crippen LogP contribution in [0.1, 0.15) is 28.4 Å². The molecule has 3 heteroatoms. The standard InChI is InChI=1S/C16H17IO2/c1-10-7-11(2)15(14(8-10)19-3)16(18)12-5-4-6-13(17)9-12/h4-9,16,18H,1-3H3. The summed E-state index contributed by atoms with van der Waals surface area (Å²) in [6, 6.07) is 11.9. The van der Waals surface area contributed by atoms with Crippen molar-refractivity contribution < 1.29 is 9.84 Å². The first-order valence-electron chi connectivity index (χ1n) is 6.11. The Morgan fingerprint density at radius 3 is 2.53 bits per heavy atom. The van der Waals surface area contributed by atoms with E-state index in [1.54, 1.807) is 7.11 Å². The van der Waals surface area contributed by atoms with Crippen LogP contribution in [0.3, 0.4) is 0 Å². The van der Waals surface area contributed by atoms with Crippen LogP contribution in [-0.2, 0) is 0 Å². The van der Waals surface area contributed by atoms with Gasteiger partial charge in [0.05, 0.1) is 7.11 Å². The minimum atomic E-state index is -0.662. The largest absolute Gasteiger partial charge is 0.496 e. The van der Waals surface area contributed by atoms with E-state index in [-0.39, 0.29) is 0 Å². The smallest absolute Gasteiger partial charge is 0.125 e. The molecule has 0 aliphatic carbocycles. The van der Waals surface area contributed by atoms with Gasteiger partial charge in [0.15, 0.2) is 0 Å². The lowest BCUT2D eigenvalue weighted by molar-refractivity contribution is 0.214. The first kappa shape index (κ1) is 14.3. The maximum atomic E-state index is 10.6. The molecule has 0 radical (unpaired) electrons. The lowest BCUT2D eigenvalue weighted by Gasteiger charge is -2.19. The summed E-state index contributed by atoms with van der Waals surface area (Å²) in [7, 11) is 1.64. The van der Waals surface area contributed by atoms with Crippen LogP contribution in [0.15, 0.2) is 36.4 Å². The molecule has 1 atom stereocenters. The number of rotatable bonds is 3. The molecular weight excluding hydrogens is 351 g/mol. The van der Waals surface area contributed by atoms with Crippen LogP contribution in [0.25, 0.3) is 0 Å². The Morgan fingerprint density at radius 1 is 1.16 bits per heavy atom. The summed E-state index contributed by atoms with van der Waals surface area (Å²) in [5.74, 6) is 0.740. The minimum Gasteiger partial charge on any atom is -0.496 e. The molecule has 0 spiro atoms. The molecule has 1 N–H and O–H groups in total. The molecule has 0 fully saturated rings. The Balaban J connectivity index is 2.52. The van der Waals surface area contributed by atoms with Gasteiger partial charge in [0, 0.05) is 9.13 Å². The average molecular weight is 368 g/mol. The average Bonchev–Trinajstić information content (AvgIpc) is 2.37. The highest BCUT2D eigenvalue weighted by molar-refractivity contribution is 14.1. The fraction of sp³-hybridized carbons (Fsp3) is 0.250. The SMILES string of the molecule is COc1cc(C)cc(C)c1C(O)c1cccc(I)c1. The van der Waals surface area contributed by atoms with Gasteiger partial charge in [-0.3, -0.25) is 0 Å². The number of aliphatic hydroxyl groups excluding tert-OH is 1. The second kappa shape index (κ2) is 5.92. The van der Waals surface area contributed by atoms with E-state index in [9.17, 15) is 5.11 Å². The van der Waals surface area contributed by atoms with E-state index in [0.29, 0.717) is 0 Å². The van der Waals surface area contributed by atoms with E-state index < -0.39 is 6.10 Å². The van der Waals surface area contributed by atoms with Crippen molar-refractivity contribution in [1.29, 1.82) is 0 Å². The third kappa shape index (κ3) is 3.09. The molecule has 0 bridgehead atoms. The summed E-state index contributed by atoms with van der Waals surface area (Å²) in [6.07, 6.45) is -0.662. The summed E-state index contributed by atoms with van der Waals surface area (Å²) in [5, 5.41) is 10.6. The molecule has 1 unspecified atom stereocenters. The first-order valence-corrected chi connectivity index (χ1v) is 7.19. The molecule has 0 aliphatic rings. The van der Waals surface area contributed by atoms with Crippen molar-refractivity contribution >= 4 is 22.6 Å². The van der Waals surface area contributed by atoms with Crippen LogP contribution >= 0.6 is 22.6 Å². The monoisotopic (exact) mass is 368 g/mol. The summed E-state index contributed by atoms with van der Waals surface area (Å²) >= 11 is 2.25. The number of aryl methyl sites for hydroxylation is 2. The van der Waals surface area contributed by atoms with Crippen molar-refractivity contribution in [3.63, 3.8) is 0 Å². The Bertz CT molecular complexity index is 593. The number of methoxy groups -OCH3 is 1. The number of hydrogen-bond acceptors (Lipinski definition) is 2. The lowest BCUT2D eigenvalue weighted by atomic mass is 9.95. The molecular formula is C16H17IO2. The van der Waals surface area contributed by atoms with Gasteiger partial charge in [-0.25, -0.2) is 0 Å². The number of hydrogen-bond donors (Lipinski definition) is 1. The van der Waals surface area contributed by atoms with Gasteiger partial charge in [-0.1, -0.05) is 18.2 Å². The Hall–Kier alpha value is -1.07. The third-order valence-electron chi connectivity index (χ3n) is 3.15. The predicted molar refractivity (Wildman–Crippen MR) is 85.7 cm³/mol. The van der Waals surface area contributed by atoms with E-state index in [1.807, 2.05) is 44.2 Å². The van der Waals surface area contributed by atoms with Gasteiger partial charge >= 0.3 is 0 Å². The van der Waals surface area contributed by atoms with Crippen LogP contribution in [0.2, 0.25) is 0 Å². The zero-order valence-corrected chi connectivity index (χ0v) is 13.4. The molecule has 0 heterocycles. The van der Waals surface area contributed by atoms with Gasteiger partial charge in [0.1, 0.15) is 11.9 Å². The zero-order valence-electron chi connectivity index (χ0n) is 11.3. The third-order valence-corrected chi connectivity index (χ3v) is 3.82. The Morgan fingerprint density at radius 2 is 1.89 bits per heavy atom. The number of benzene rings is 2. The highest BCUT2D eigenvalue weighted by Gasteiger charge is 2.18. The van der Waals surface area contributed by atoms with E-state index >= 15 is 0 Å². The maximum absolute atomic E-state index is 10.6. The highest BCUT2D eigenvalue weighted by Crippen LogP contribution is 2.34. The molecule has 2 nitrogen and oxygen atoms in total. The van der Waals surface area contributed by atoms with Crippen LogP contribution in [0, 0.1) is 17.4 Å². The molecule has 0 aliphatic heterocycles. The molecule has 0 amide bonds. The van der Waals surface area contributed by atoms with Crippen LogP contribution in [0.5, 0.6) is 5.75 Å². The molecule has 2 rings (SSSR count). The summed E-state index contributed by atoms with van der Waals surface area (Å²) < 4.78 is 6.53. The second-order valence-corrected chi connectivity index (χ2v) is 5.90. The minimum absolute atomic E-state index is 0.662. The molecule has 0 saturated heterocycles. The van der Waals surface area contributed by atoms with E-state index in [2.05, 4.69) is 28.7 Å². The van der Waals surface area contributed by atoms with Crippen LogP contribution in [-0.4, -0.2) is 12.2 Å². The number of aliphatic hydroxyl groups is 1. The van der Waals surface area contributed by atoms with Gasteiger partial charge in [0.25, 0.3) is 0 Å². The van der Waals surface area contributed by atoms with Gasteiger partial charge < -0.3 is 9.84 Å². The van der Waals surface area contributed by atoms with Crippen molar-refractivity contribution in [2.24, 2.45) is 0 Å². The van der Waals surface area contributed by atoms with Crippen molar-refractivity contribution in [2.45, 2.75) is 20.0 Å². The van der Waals surface area contributed by atoms with Crippen molar-refractivity contribution in [3.8, 4) is 5.75 Å². The Kier molecular flexibility index (Phi) is 4.47. The van der Waals surface area contributed by atoms with Crippen molar-refractivity contribution in [2.75, 3.05) is 7.11 Å². The lowest BCUT2D eigenvalue weighted by Crippen LogP contribution is -2.05. The predicted octanol–water partition coefficient (Wildman–Crippen LogP) is 4.00. The van der Waals surface area contributed by atoms with E-state index in [1.165, 1.54) is 0 Å². The van der Waals surface area contributed by atoms with Gasteiger partial charge in [-0.15, -0.1) is 0 Å². The zero-order chi connectivity index (χ0) is 14.0. The van der Waals surface area contributed by atoms with Crippen LogP contribution in [0.4, 0.5) is 0 Å². The quantitative estimate of drug-likeness (QED) is 0.830. The second-order valence-electron chi connectivity index (χ2n) is 4.66. The normalized spacial score (nSPS) is 12.3. The van der Waals surface area contributed by atoms with E-state index in [4.69, 9.17) is 4.74 Å².